The average molecular weight is 343 g/mol. The summed E-state index contributed by atoms with van der Waals surface area (Å²) in [7, 11) is 3.32. The summed E-state index contributed by atoms with van der Waals surface area (Å²) in [6, 6.07) is 10.1. The van der Waals surface area contributed by atoms with Crippen LogP contribution in [-0.2, 0) is 17.8 Å². The van der Waals surface area contributed by atoms with Gasteiger partial charge in [0.1, 0.15) is 17.3 Å². The van der Waals surface area contributed by atoms with Gasteiger partial charge >= 0.3 is 0 Å². The van der Waals surface area contributed by atoms with Gasteiger partial charge in [-0.2, -0.15) is 0 Å². The molecule has 0 aliphatic carbocycles. The van der Waals surface area contributed by atoms with Gasteiger partial charge in [-0.25, -0.2) is 4.98 Å². The van der Waals surface area contributed by atoms with Crippen molar-refractivity contribution in [3.63, 3.8) is 0 Å². The second-order valence-electron chi connectivity index (χ2n) is 5.95. The fraction of sp³-hybridized carbons (Fsp3) is 0.421. The molecule has 1 N–H and O–H groups in total. The molecule has 1 aromatic heterocycles. The number of methoxy groups -OCH3 is 2. The van der Waals surface area contributed by atoms with Gasteiger partial charge in [-0.1, -0.05) is 6.07 Å². The number of nitrogens with zero attached hydrogens (tertiary/aromatic N) is 2. The molecule has 6 nitrogen and oxygen atoms in total. The van der Waals surface area contributed by atoms with Crippen molar-refractivity contribution in [2.45, 2.75) is 13.1 Å². The van der Waals surface area contributed by atoms with Crippen molar-refractivity contribution in [3.05, 3.63) is 47.7 Å². The Morgan fingerprint density at radius 3 is 2.28 bits per heavy atom. The Kier molecular flexibility index (Phi) is 6.09. The molecule has 0 amide bonds. The molecular weight excluding hydrogens is 318 g/mol. The lowest BCUT2D eigenvalue weighted by molar-refractivity contribution is 0.122. The largest absolute Gasteiger partial charge is 0.497 e. The first-order valence-electron chi connectivity index (χ1n) is 8.49. The molecule has 25 heavy (non-hydrogen) atoms. The van der Waals surface area contributed by atoms with E-state index in [9.17, 15) is 0 Å². The SMILES string of the molecule is COc1cc(CNCc2ccc(N3CCOCC3)nc2)cc(OC)c1. The van der Waals surface area contributed by atoms with Crippen LogP contribution in [0.4, 0.5) is 5.82 Å². The Hall–Kier alpha value is -2.31. The van der Waals surface area contributed by atoms with Crippen molar-refractivity contribution in [2.24, 2.45) is 0 Å². The molecule has 0 bridgehead atoms. The van der Waals surface area contributed by atoms with Crippen LogP contribution in [0.25, 0.3) is 0 Å². The van der Waals surface area contributed by atoms with Gasteiger partial charge in [-0.3, -0.25) is 0 Å². The summed E-state index contributed by atoms with van der Waals surface area (Å²) in [5, 5.41) is 3.43. The molecule has 6 heteroatoms. The van der Waals surface area contributed by atoms with Crippen molar-refractivity contribution < 1.29 is 14.2 Å². The first-order valence-corrected chi connectivity index (χ1v) is 8.49. The minimum atomic E-state index is 0.735. The first-order chi connectivity index (χ1) is 12.3. The van der Waals surface area contributed by atoms with Crippen molar-refractivity contribution in [1.29, 1.82) is 0 Å². The molecule has 2 aromatic rings. The van der Waals surface area contributed by atoms with E-state index in [0.717, 1.165) is 67.8 Å². The predicted octanol–water partition coefficient (Wildman–Crippen LogP) is 2.23. The zero-order valence-electron chi connectivity index (χ0n) is 14.8. The molecule has 1 aromatic carbocycles. The van der Waals surface area contributed by atoms with Gasteiger partial charge in [0.15, 0.2) is 0 Å². The smallest absolute Gasteiger partial charge is 0.128 e. The average Bonchev–Trinajstić information content (AvgIpc) is 2.69. The number of anilines is 1. The maximum absolute atomic E-state index is 5.38. The van der Waals surface area contributed by atoms with E-state index >= 15 is 0 Å². The molecule has 0 unspecified atom stereocenters. The van der Waals surface area contributed by atoms with Gasteiger partial charge in [0.05, 0.1) is 27.4 Å². The lowest BCUT2D eigenvalue weighted by Gasteiger charge is -2.27. The Labute approximate surface area is 148 Å². The third kappa shape index (κ3) is 4.84. The quantitative estimate of drug-likeness (QED) is 0.832. The standard InChI is InChI=1S/C19H25N3O3/c1-23-17-9-16(10-18(11-17)24-2)13-20-12-15-3-4-19(21-14-15)22-5-7-25-8-6-22/h3-4,9-11,14,20H,5-8,12-13H2,1-2H3. The van der Waals surface area contributed by atoms with Crippen molar-refractivity contribution in [3.8, 4) is 11.5 Å². The molecule has 1 fully saturated rings. The Balaban J connectivity index is 1.53. The van der Waals surface area contributed by atoms with Crippen LogP contribution in [0.1, 0.15) is 11.1 Å². The summed E-state index contributed by atoms with van der Waals surface area (Å²) in [6.07, 6.45) is 1.93. The highest BCUT2D eigenvalue weighted by atomic mass is 16.5. The van der Waals surface area contributed by atoms with E-state index in [-0.39, 0.29) is 0 Å². The van der Waals surface area contributed by atoms with Gasteiger partial charge in [-0.05, 0) is 29.3 Å². The van der Waals surface area contributed by atoms with Crippen LogP contribution in [0.2, 0.25) is 0 Å². The summed E-state index contributed by atoms with van der Waals surface area (Å²) in [4.78, 5) is 6.83. The highest BCUT2D eigenvalue weighted by molar-refractivity contribution is 5.40. The van der Waals surface area contributed by atoms with E-state index in [0.29, 0.717) is 0 Å². The van der Waals surface area contributed by atoms with Crippen LogP contribution in [0, 0.1) is 0 Å². The van der Waals surface area contributed by atoms with Crippen LogP contribution >= 0.6 is 0 Å². The summed E-state index contributed by atoms with van der Waals surface area (Å²) in [6.45, 7) is 4.85. The van der Waals surface area contributed by atoms with E-state index in [1.165, 1.54) is 0 Å². The molecule has 134 valence electrons. The minimum absolute atomic E-state index is 0.735. The number of pyridine rings is 1. The first kappa shape index (κ1) is 17.5. The van der Waals surface area contributed by atoms with E-state index in [1.54, 1.807) is 14.2 Å². The minimum Gasteiger partial charge on any atom is -0.497 e. The maximum Gasteiger partial charge on any atom is 0.128 e. The summed E-state index contributed by atoms with van der Waals surface area (Å²) in [5.74, 6) is 2.62. The van der Waals surface area contributed by atoms with E-state index in [2.05, 4.69) is 27.3 Å². The number of aromatic nitrogens is 1. The van der Waals surface area contributed by atoms with Gasteiger partial charge in [0, 0.05) is 38.4 Å². The van der Waals surface area contributed by atoms with Gasteiger partial charge in [-0.15, -0.1) is 0 Å². The number of morpholine rings is 1. The van der Waals surface area contributed by atoms with Crippen LogP contribution in [0.3, 0.4) is 0 Å². The number of benzene rings is 1. The number of hydrogen-bond acceptors (Lipinski definition) is 6. The lowest BCUT2D eigenvalue weighted by atomic mass is 10.2. The summed E-state index contributed by atoms with van der Waals surface area (Å²) < 4.78 is 16.0. The van der Waals surface area contributed by atoms with Crippen molar-refractivity contribution >= 4 is 5.82 Å². The fourth-order valence-corrected chi connectivity index (χ4v) is 2.82. The Morgan fingerprint density at radius 2 is 1.68 bits per heavy atom. The zero-order chi connectivity index (χ0) is 17.5. The molecule has 1 saturated heterocycles. The zero-order valence-corrected chi connectivity index (χ0v) is 14.8. The van der Waals surface area contributed by atoms with Crippen LogP contribution in [0.15, 0.2) is 36.5 Å². The van der Waals surface area contributed by atoms with E-state index < -0.39 is 0 Å². The van der Waals surface area contributed by atoms with Crippen molar-refractivity contribution in [1.82, 2.24) is 10.3 Å². The maximum atomic E-state index is 5.38. The van der Waals surface area contributed by atoms with Crippen LogP contribution < -0.4 is 19.7 Å². The second-order valence-corrected chi connectivity index (χ2v) is 5.95. The summed E-state index contributed by atoms with van der Waals surface area (Å²) >= 11 is 0. The predicted molar refractivity (Wildman–Crippen MR) is 97.4 cm³/mol. The Morgan fingerprint density at radius 1 is 1.00 bits per heavy atom. The van der Waals surface area contributed by atoms with Gasteiger partial charge in [0.25, 0.3) is 0 Å². The highest BCUT2D eigenvalue weighted by Crippen LogP contribution is 2.22. The molecule has 0 atom stereocenters. The normalized spacial score (nSPS) is 14.4. The Bertz CT molecular complexity index is 648. The summed E-state index contributed by atoms with van der Waals surface area (Å²) in [5.41, 5.74) is 2.28. The molecule has 0 spiro atoms. The fourth-order valence-electron chi connectivity index (χ4n) is 2.82. The molecule has 0 saturated carbocycles. The number of rotatable bonds is 7. The van der Waals surface area contributed by atoms with Crippen LogP contribution in [0.5, 0.6) is 11.5 Å². The molecule has 3 rings (SSSR count). The number of ether oxygens (including phenoxy) is 3. The van der Waals surface area contributed by atoms with Gasteiger partial charge < -0.3 is 24.4 Å². The molecule has 1 aliphatic rings. The number of nitrogens with one attached hydrogen (secondary N) is 1. The lowest BCUT2D eigenvalue weighted by Crippen LogP contribution is -2.36. The second kappa shape index (κ2) is 8.69. The molecule has 0 radical (unpaired) electrons. The van der Waals surface area contributed by atoms with E-state index in [1.807, 2.05) is 24.4 Å². The molecule has 2 heterocycles. The topological polar surface area (TPSA) is 55.9 Å². The van der Waals surface area contributed by atoms with E-state index in [4.69, 9.17) is 14.2 Å². The van der Waals surface area contributed by atoms with Crippen LogP contribution in [-0.4, -0.2) is 45.5 Å². The van der Waals surface area contributed by atoms with Crippen molar-refractivity contribution in [2.75, 3.05) is 45.4 Å². The monoisotopic (exact) mass is 343 g/mol. The highest BCUT2D eigenvalue weighted by Gasteiger charge is 2.11. The van der Waals surface area contributed by atoms with Gasteiger partial charge in [0.2, 0.25) is 0 Å². The third-order valence-electron chi connectivity index (χ3n) is 4.21. The molecule has 1 aliphatic heterocycles. The molecular formula is C19H25N3O3. The number of hydrogen-bond donors (Lipinski definition) is 1. The third-order valence-corrected chi connectivity index (χ3v) is 4.21.